The molecule has 1 heterocycles. The molecule has 0 N–H and O–H groups in total. The van der Waals surface area contributed by atoms with Crippen molar-refractivity contribution in [1.29, 1.82) is 0 Å². The highest BCUT2D eigenvalue weighted by Gasteiger charge is 2.28. The highest BCUT2D eigenvalue weighted by Crippen LogP contribution is 2.32. The van der Waals surface area contributed by atoms with Crippen molar-refractivity contribution in [3.05, 3.63) is 53.3 Å². The molecule has 3 nitrogen and oxygen atoms in total. The number of hydrogen-bond acceptors (Lipinski definition) is 2. The van der Waals surface area contributed by atoms with E-state index in [1.165, 1.54) is 5.56 Å². The van der Waals surface area contributed by atoms with Gasteiger partial charge < -0.3 is 0 Å². The third-order valence-electron chi connectivity index (χ3n) is 3.50. The third kappa shape index (κ3) is 1.68. The smallest absolute Gasteiger partial charge is 0.166 e. The minimum absolute atomic E-state index is 0.216. The van der Waals surface area contributed by atoms with Gasteiger partial charge in [-0.05, 0) is 17.9 Å². The summed E-state index contributed by atoms with van der Waals surface area (Å²) >= 11 is 0. The molecule has 86 valence electrons. The molecule has 1 aromatic heterocycles. The molecule has 0 spiro atoms. The molecule has 0 aliphatic heterocycles. The molecule has 1 aliphatic rings. The van der Waals surface area contributed by atoms with Crippen LogP contribution in [0.2, 0.25) is 0 Å². The normalized spacial score (nSPS) is 19.1. The van der Waals surface area contributed by atoms with Gasteiger partial charge in [0.25, 0.3) is 0 Å². The Balaban J connectivity index is 1.99. The summed E-state index contributed by atoms with van der Waals surface area (Å²) in [7, 11) is 1.90. The number of aryl methyl sites for hydroxylation is 1. The number of rotatable bonds is 1. The summed E-state index contributed by atoms with van der Waals surface area (Å²) in [6.07, 6.45) is 3.20. The molecule has 0 fully saturated rings. The number of aromatic nitrogens is 2. The highest BCUT2D eigenvalue weighted by atomic mass is 16.1. The standard InChI is InChI=1S/C14H14N2O/c1-16-13-7-11(10-5-3-2-4-6-10)8-14(17)12(13)9-15-16/h2-6,9,11H,7-8H2,1H3. The van der Waals surface area contributed by atoms with Crippen LogP contribution in [-0.2, 0) is 13.5 Å². The van der Waals surface area contributed by atoms with Gasteiger partial charge in [-0.15, -0.1) is 0 Å². The first-order valence-electron chi connectivity index (χ1n) is 5.84. The van der Waals surface area contributed by atoms with Crippen molar-refractivity contribution < 1.29 is 4.79 Å². The number of nitrogens with zero attached hydrogens (tertiary/aromatic N) is 2. The van der Waals surface area contributed by atoms with E-state index in [4.69, 9.17) is 0 Å². The summed E-state index contributed by atoms with van der Waals surface area (Å²) in [5, 5.41) is 4.17. The topological polar surface area (TPSA) is 34.9 Å². The second kappa shape index (κ2) is 3.84. The summed E-state index contributed by atoms with van der Waals surface area (Å²) in [5.41, 5.74) is 3.11. The van der Waals surface area contributed by atoms with Crippen LogP contribution in [0.4, 0.5) is 0 Å². The Morgan fingerprint density at radius 1 is 1.24 bits per heavy atom. The van der Waals surface area contributed by atoms with Gasteiger partial charge in [0.1, 0.15) is 0 Å². The Bertz CT molecular complexity index is 557. The van der Waals surface area contributed by atoms with E-state index < -0.39 is 0 Å². The zero-order chi connectivity index (χ0) is 11.8. The second-order valence-electron chi connectivity index (χ2n) is 4.57. The molecule has 1 atom stereocenters. The van der Waals surface area contributed by atoms with Gasteiger partial charge in [-0.2, -0.15) is 5.10 Å². The summed E-state index contributed by atoms with van der Waals surface area (Å²) in [6.45, 7) is 0. The Hall–Kier alpha value is -1.90. The zero-order valence-electron chi connectivity index (χ0n) is 9.76. The first kappa shape index (κ1) is 10.3. The number of fused-ring (bicyclic) bond motifs is 1. The molecule has 0 saturated carbocycles. The van der Waals surface area contributed by atoms with Gasteiger partial charge in [0.15, 0.2) is 5.78 Å². The van der Waals surface area contributed by atoms with Crippen LogP contribution in [0.3, 0.4) is 0 Å². The van der Waals surface area contributed by atoms with Gasteiger partial charge in [0.2, 0.25) is 0 Å². The van der Waals surface area contributed by atoms with Gasteiger partial charge >= 0.3 is 0 Å². The molecule has 0 bridgehead atoms. The lowest BCUT2D eigenvalue weighted by atomic mass is 9.82. The van der Waals surface area contributed by atoms with E-state index >= 15 is 0 Å². The number of benzene rings is 1. The Labute approximate surface area is 100 Å². The lowest BCUT2D eigenvalue weighted by molar-refractivity contribution is 0.0963. The van der Waals surface area contributed by atoms with Crippen LogP contribution in [0, 0.1) is 0 Å². The summed E-state index contributed by atoms with van der Waals surface area (Å²) in [6, 6.07) is 10.2. The van der Waals surface area contributed by atoms with E-state index in [0.717, 1.165) is 17.7 Å². The van der Waals surface area contributed by atoms with Crippen LogP contribution in [0.5, 0.6) is 0 Å². The van der Waals surface area contributed by atoms with Gasteiger partial charge in [-0.3, -0.25) is 9.48 Å². The molecule has 0 amide bonds. The number of carbonyl (C=O) groups excluding carboxylic acids is 1. The van der Waals surface area contributed by atoms with Crippen LogP contribution < -0.4 is 0 Å². The number of carbonyl (C=O) groups is 1. The zero-order valence-corrected chi connectivity index (χ0v) is 9.76. The van der Waals surface area contributed by atoms with Crippen molar-refractivity contribution in [3.63, 3.8) is 0 Å². The quantitative estimate of drug-likeness (QED) is 0.748. The first-order valence-corrected chi connectivity index (χ1v) is 5.84. The third-order valence-corrected chi connectivity index (χ3v) is 3.50. The fraction of sp³-hybridized carbons (Fsp3) is 0.286. The average Bonchev–Trinajstić information content (AvgIpc) is 2.73. The fourth-order valence-corrected chi connectivity index (χ4v) is 2.54. The van der Waals surface area contributed by atoms with Crippen molar-refractivity contribution in [1.82, 2.24) is 9.78 Å². The largest absolute Gasteiger partial charge is 0.294 e. The van der Waals surface area contributed by atoms with Crippen LogP contribution in [0.15, 0.2) is 36.5 Å². The maximum atomic E-state index is 12.0. The molecule has 2 aromatic rings. The number of ketones is 1. The van der Waals surface area contributed by atoms with E-state index in [-0.39, 0.29) is 5.78 Å². The summed E-state index contributed by atoms with van der Waals surface area (Å²) < 4.78 is 1.82. The minimum Gasteiger partial charge on any atom is -0.294 e. The maximum absolute atomic E-state index is 12.0. The van der Waals surface area contributed by atoms with Crippen molar-refractivity contribution in [2.75, 3.05) is 0 Å². The molecule has 0 saturated heterocycles. The maximum Gasteiger partial charge on any atom is 0.166 e. The Morgan fingerprint density at radius 3 is 2.76 bits per heavy atom. The SMILES string of the molecule is Cn1ncc2c1CC(c1ccccc1)CC2=O. The van der Waals surface area contributed by atoms with Crippen LogP contribution in [0.25, 0.3) is 0 Å². The molecular weight excluding hydrogens is 212 g/mol. The molecule has 3 rings (SSSR count). The monoisotopic (exact) mass is 226 g/mol. The van der Waals surface area contributed by atoms with Crippen LogP contribution in [-0.4, -0.2) is 15.6 Å². The molecule has 1 unspecified atom stereocenters. The Kier molecular flexibility index (Phi) is 2.32. The summed E-state index contributed by atoms with van der Waals surface area (Å²) in [5.74, 6) is 0.514. The van der Waals surface area contributed by atoms with Crippen molar-refractivity contribution in [2.45, 2.75) is 18.8 Å². The predicted octanol–water partition coefficient (Wildman–Crippen LogP) is 2.33. The average molecular weight is 226 g/mol. The highest BCUT2D eigenvalue weighted by molar-refractivity contribution is 5.98. The molecule has 1 aromatic carbocycles. The van der Waals surface area contributed by atoms with Crippen molar-refractivity contribution in [3.8, 4) is 0 Å². The lowest BCUT2D eigenvalue weighted by Crippen LogP contribution is -2.19. The van der Waals surface area contributed by atoms with E-state index in [0.29, 0.717) is 12.3 Å². The number of hydrogen-bond donors (Lipinski definition) is 0. The molecule has 1 aliphatic carbocycles. The fourth-order valence-electron chi connectivity index (χ4n) is 2.54. The van der Waals surface area contributed by atoms with E-state index in [1.807, 2.05) is 29.9 Å². The minimum atomic E-state index is 0.216. The Morgan fingerprint density at radius 2 is 2.00 bits per heavy atom. The molecule has 0 radical (unpaired) electrons. The van der Waals surface area contributed by atoms with Gasteiger partial charge in [-0.1, -0.05) is 30.3 Å². The van der Waals surface area contributed by atoms with Gasteiger partial charge in [0.05, 0.1) is 11.8 Å². The number of Topliss-reactive ketones (excluding diaryl/α,β-unsaturated/α-hetero) is 1. The second-order valence-corrected chi connectivity index (χ2v) is 4.57. The van der Waals surface area contributed by atoms with Gasteiger partial charge in [0, 0.05) is 19.2 Å². The molecule has 17 heavy (non-hydrogen) atoms. The van der Waals surface area contributed by atoms with E-state index in [2.05, 4.69) is 17.2 Å². The van der Waals surface area contributed by atoms with E-state index in [1.54, 1.807) is 6.20 Å². The lowest BCUT2D eigenvalue weighted by Gasteiger charge is -2.22. The molecular formula is C14H14N2O. The summed E-state index contributed by atoms with van der Waals surface area (Å²) in [4.78, 5) is 12.0. The predicted molar refractivity (Wildman–Crippen MR) is 65.0 cm³/mol. The first-order chi connectivity index (χ1) is 8.25. The van der Waals surface area contributed by atoms with Gasteiger partial charge in [-0.25, -0.2) is 0 Å². The van der Waals surface area contributed by atoms with Crippen molar-refractivity contribution in [2.24, 2.45) is 7.05 Å². The van der Waals surface area contributed by atoms with Crippen LogP contribution in [0.1, 0.15) is 34.0 Å². The molecule has 3 heteroatoms. The van der Waals surface area contributed by atoms with Crippen LogP contribution >= 0.6 is 0 Å². The van der Waals surface area contributed by atoms with Crippen molar-refractivity contribution >= 4 is 5.78 Å². The van der Waals surface area contributed by atoms with E-state index in [9.17, 15) is 4.79 Å².